The van der Waals surface area contributed by atoms with Crippen LogP contribution < -0.4 is 4.72 Å². The second kappa shape index (κ2) is 4.25. The van der Waals surface area contributed by atoms with Crippen molar-refractivity contribution in [1.29, 1.82) is 0 Å². The van der Waals surface area contributed by atoms with E-state index in [9.17, 15) is 13.2 Å². The number of carbonyl (C=O) groups is 1. The first kappa shape index (κ1) is 11.2. The number of hydrogen-bond donors (Lipinski definition) is 1. The van der Waals surface area contributed by atoms with Crippen molar-refractivity contribution in [3.8, 4) is 0 Å². The number of rotatable bonds is 4. The number of amides is 1. The maximum atomic E-state index is 11.0. The summed E-state index contributed by atoms with van der Waals surface area (Å²) in [6, 6.07) is 0. The van der Waals surface area contributed by atoms with Crippen LogP contribution in [0.2, 0.25) is 0 Å². The Kier molecular flexibility index (Phi) is 3.95. The van der Waals surface area contributed by atoms with Gasteiger partial charge in [-0.1, -0.05) is 13.5 Å². The van der Waals surface area contributed by atoms with Gasteiger partial charge in [0.2, 0.25) is 10.0 Å². The van der Waals surface area contributed by atoms with Gasteiger partial charge in [-0.25, -0.2) is 13.1 Å². The molecule has 0 aromatic carbocycles. The summed E-state index contributed by atoms with van der Waals surface area (Å²) >= 11 is 0. The molecule has 4 nitrogen and oxygen atoms in total. The fourth-order valence-electron chi connectivity index (χ4n) is 0.548. The van der Waals surface area contributed by atoms with Crippen molar-refractivity contribution in [3.05, 3.63) is 12.2 Å². The molecule has 0 fully saturated rings. The molecule has 0 spiro atoms. The fourth-order valence-corrected chi connectivity index (χ4v) is 1.64. The molecule has 0 aromatic rings. The molecule has 0 aliphatic carbocycles. The summed E-state index contributed by atoms with van der Waals surface area (Å²) in [4.78, 5) is 10.8. The highest BCUT2D eigenvalue weighted by Gasteiger charge is 2.12. The van der Waals surface area contributed by atoms with Gasteiger partial charge in [0.25, 0.3) is 5.91 Å². The summed E-state index contributed by atoms with van der Waals surface area (Å²) in [7, 11) is -3.44. The third kappa shape index (κ3) is 4.12. The van der Waals surface area contributed by atoms with Crippen molar-refractivity contribution in [3.63, 3.8) is 0 Å². The summed E-state index contributed by atoms with van der Waals surface area (Å²) in [5.41, 5.74) is 0.190. The second-order valence-electron chi connectivity index (χ2n) is 2.53. The third-order valence-corrected chi connectivity index (χ3v) is 2.55. The second-order valence-corrected chi connectivity index (χ2v) is 4.37. The predicted molar refractivity (Wildman–Crippen MR) is 47.0 cm³/mol. The molecular formula is C7H13NO3S. The van der Waals surface area contributed by atoms with Crippen molar-refractivity contribution in [2.24, 2.45) is 0 Å². The van der Waals surface area contributed by atoms with E-state index in [2.05, 4.69) is 6.58 Å². The molecule has 0 heterocycles. The van der Waals surface area contributed by atoms with Gasteiger partial charge >= 0.3 is 0 Å². The molecule has 0 unspecified atom stereocenters. The topological polar surface area (TPSA) is 63.2 Å². The number of carbonyl (C=O) groups excluding carboxylic acids is 1. The van der Waals surface area contributed by atoms with Gasteiger partial charge in [0, 0.05) is 5.57 Å². The zero-order valence-electron chi connectivity index (χ0n) is 7.25. The lowest BCUT2D eigenvalue weighted by Crippen LogP contribution is -2.32. The van der Waals surface area contributed by atoms with Gasteiger partial charge in [-0.05, 0) is 13.3 Å². The number of sulfonamides is 1. The third-order valence-electron chi connectivity index (χ3n) is 1.11. The highest BCUT2D eigenvalue weighted by molar-refractivity contribution is 7.90. The molecule has 1 amide bonds. The van der Waals surface area contributed by atoms with Crippen LogP contribution in [-0.4, -0.2) is 20.1 Å². The molecule has 70 valence electrons. The van der Waals surface area contributed by atoms with E-state index in [1.807, 2.05) is 4.72 Å². The van der Waals surface area contributed by atoms with Crippen LogP contribution in [0.15, 0.2) is 12.2 Å². The molecule has 0 aliphatic rings. The Morgan fingerprint density at radius 3 is 2.33 bits per heavy atom. The number of nitrogens with one attached hydrogen (secondary N) is 1. The van der Waals surface area contributed by atoms with Crippen molar-refractivity contribution in [1.82, 2.24) is 4.72 Å². The molecule has 0 atom stereocenters. The van der Waals surface area contributed by atoms with E-state index in [-0.39, 0.29) is 11.3 Å². The van der Waals surface area contributed by atoms with Gasteiger partial charge in [-0.3, -0.25) is 4.79 Å². The maximum Gasteiger partial charge on any atom is 0.259 e. The van der Waals surface area contributed by atoms with E-state index in [0.717, 1.165) is 0 Å². The molecule has 0 rings (SSSR count). The van der Waals surface area contributed by atoms with E-state index in [1.165, 1.54) is 6.92 Å². The van der Waals surface area contributed by atoms with E-state index < -0.39 is 15.9 Å². The monoisotopic (exact) mass is 191 g/mol. The Morgan fingerprint density at radius 2 is 2.00 bits per heavy atom. The summed E-state index contributed by atoms with van der Waals surface area (Å²) in [5, 5.41) is 0. The van der Waals surface area contributed by atoms with Gasteiger partial charge < -0.3 is 0 Å². The SMILES string of the molecule is C=C(C)C(=O)NS(=O)(=O)CCC. The standard InChI is InChI=1S/C7H13NO3S/c1-4-5-12(10,11)8-7(9)6(2)3/h2,4-5H2,1,3H3,(H,8,9). The first-order chi connectivity index (χ1) is 5.39. The molecule has 0 radical (unpaired) electrons. The number of hydrogen-bond acceptors (Lipinski definition) is 3. The predicted octanol–water partition coefficient (Wildman–Crippen LogP) is 0.418. The van der Waals surface area contributed by atoms with Gasteiger partial charge in [-0.2, -0.15) is 0 Å². The smallest absolute Gasteiger partial charge is 0.259 e. The van der Waals surface area contributed by atoms with Crippen LogP contribution in [0.3, 0.4) is 0 Å². The zero-order chi connectivity index (χ0) is 9.78. The van der Waals surface area contributed by atoms with Crippen LogP contribution in [0, 0.1) is 0 Å². The molecule has 0 aliphatic heterocycles. The molecule has 1 N–H and O–H groups in total. The average Bonchev–Trinajstić information content (AvgIpc) is 1.85. The van der Waals surface area contributed by atoms with Crippen molar-refractivity contribution in [2.75, 3.05) is 5.75 Å². The molecule has 12 heavy (non-hydrogen) atoms. The molecule has 0 saturated heterocycles. The molecule has 5 heteroatoms. The normalized spacial score (nSPS) is 10.8. The Bertz CT molecular complexity index is 279. The zero-order valence-corrected chi connectivity index (χ0v) is 8.07. The van der Waals surface area contributed by atoms with E-state index in [0.29, 0.717) is 6.42 Å². The lowest BCUT2D eigenvalue weighted by Gasteiger charge is -2.03. The summed E-state index contributed by atoms with van der Waals surface area (Å²) in [5.74, 6) is -0.671. The molecule has 0 bridgehead atoms. The van der Waals surface area contributed by atoms with E-state index >= 15 is 0 Å². The minimum Gasteiger partial charge on any atom is -0.269 e. The maximum absolute atomic E-state index is 11.0. The highest BCUT2D eigenvalue weighted by atomic mass is 32.2. The van der Waals surface area contributed by atoms with Gasteiger partial charge in [0.1, 0.15) is 0 Å². The minimum absolute atomic E-state index is 0.0357. The van der Waals surface area contributed by atoms with Crippen LogP contribution in [0.5, 0.6) is 0 Å². The highest BCUT2D eigenvalue weighted by Crippen LogP contribution is 1.92. The average molecular weight is 191 g/mol. The van der Waals surface area contributed by atoms with Crippen LogP contribution in [0.1, 0.15) is 20.3 Å². The van der Waals surface area contributed by atoms with Gasteiger partial charge in [0.05, 0.1) is 5.75 Å². The largest absolute Gasteiger partial charge is 0.269 e. The molecule has 0 aromatic heterocycles. The Morgan fingerprint density at radius 1 is 1.50 bits per heavy atom. The Hall–Kier alpha value is -0.840. The Labute approximate surface area is 72.7 Å². The minimum atomic E-state index is -3.44. The van der Waals surface area contributed by atoms with Crippen LogP contribution in [0.4, 0.5) is 0 Å². The van der Waals surface area contributed by atoms with Gasteiger partial charge in [-0.15, -0.1) is 0 Å². The lowest BCUT2D eigenvalue weighted by molar-refractivity contribution is -0.115. The summed E-state index contributed by atoms with van der Waals surface area (Å²) in [6.07, 6.45) is 0.485. The van der Waals surface area contributed by atoms with Crippen molar-refractivity contribution < 1.29 is 13.2 Å². The Balaban J connectivity index is 4.26. The fraction of sp³-hybridized carbons (Fsp3) is 0.571. The van der Waals surface area contributed by atoms with Crippen molar-refractivity contribution >= 4 is 15.9 Å². The van der Waals surface area contributed by atoms with Crippen LogP contribution in [-0.2, 0) is 14.8 Å². The van der Waals surface area contributed by atoms with E-state index in [1.54, 1.807) is 6.92 Å². The molecule has 0 saturated carbocycles. The summed E-state index contributed by atoms with van der Waals surface area (Å²) < 4.78 is 23.8. The molecular weight excluding hydrogens is 178 g/mol. The van der Waals surface area contributed by atoms with Crippen molar-refractivity contribution in [2.45, 2.75) is 20.3 Å². The van der Waals surface area contributed by atoms with Gasteiger partial charge in [0.15, 0.2) is 0 Å². The first-order valence-electron chi connectivity index (χ1n) is 3.59. The quantitative estimate of drug-likeness (QED) is 0.655. The first-order valence-corrected chi connectivity index (χ1v) is 5.24. The van der Waals surface area contributed by atoms with Crippen LogP contribution >= 0.6 is 0 Å². The lowest BCUT2D eigenvalue weighted by atomic mass is 10.3. The summed E-state index contributed by atoms with van der Waals surface area (Å²) in [6.45, 7) is 6.50. The van der Waals surface area contributed by atoms with Crippen LogP contribution in [0.25, 0.3) is 0 Å². The van der Waals surface area contributed by atoms with E-state index in [4.69, 9.17) is 0 Å².